The van der Waals surface area contributed by atoms with Crippen LogP contribution >= 0.6 is 0 Å². The van der Waals surface area contributed by atoms with E-state index in [4.69, 9.17) is 0 Å². The van der Waals surface area contributed by atoms with Crippen molar-refractivity contribution >= 4 is 17.4 Å². The highest BCUT2D eigenvalue weighted by molar-refractivity contribution is 6.03. The van der Waals surface area contributed by atoms with Gasteiger partial charge in [0.1, 0.15) is 5.82 Å². The maximum absolute atomic E-state index is 12.3. The van der Waals surface area contributed by atoms with E-state index in [1.165, 1.54) is 5.56 Å². The van der Waals surface area contributed by atoms with Crippen molar-refractivity contribution in [2.45, 2.75) is 13.3 Å². The fourth-order valence-electron chi connectivity index (χ4n) is 2.79. The zero-order chi connectivity index (χ0) is 16.9. The molecule has 1 saturated heterocycles. The van der Waals surface area contributed by atoms with Crippen molar-refractivity contribution in [3.8, 4) is 0 Å². The molecule has 1 aliphatic heterocycles. The molecule has 0 radical (unpaired) electrons. The van der Waals surface area contributed by atoms with Crippen molar-refractivity contribution in [3.63, 3.8) is 0 Å². The van der Waals surface area contributed by atoms with Crippen molar-refractivity contribution in [3.05, 3.63) is 53.7 Å². The van der Waals surface area contributed by atoms with Gasteiger partial charge in [-0.2, -0.15) is 0 Å². The summed E-state index contributed by atoms with van der Waals surface area (Å²) in [5.74, 6) is 0.454. The van der Waals surface area contributed by atoms with Crippen molar-refractivity contribution in [1.82, 2.24) is 9.88 Å². The molecule has 126 valence electrons. The number of hydrogen-bond donors (Lipinski definition) is 1. The van der Waals surface area contributed by atoms with Gasteiger partial charge >= 0.3 is 0 Å². The number of nitrogens with zero attached hydrogens (tertiary/aromatic N) is 3. The number of amides is 1. The second kappa shape index (κ2) is 7.45. The van der Waals surface area contributed by atoms with Crippen molar-refractivity contribution < 1.29 is 4.79 Å². The lowest BCUT2D eigenvalue weighted by molar-refractivity contribution is 0.102. The lowest BCUT2D eigenvalue weighted by Gasteiger charge is -2.33. The minimum atomic E-state index is -0.127. The number of likely N-dealkylation sites (N-methyl/N-ethyl adjacent to an activating group) is 1. The van der Waals surface area contributed by atoms with Gasteiger partial charge in [0.05, 0.1) is 11.9 Å². The molecule has 2 heterocycles. The summed E-state index contributed by atoms with van der Waals surface area (Å²) < 4.78 is 0. The number of hydrogen-bond acceptors (Lipinski definition) is 4. The molecule has 24 heavy (non-hydrogen) atoms. The predicted octanol–water partition coefficient (Wildman–Crippen LogP) is 2.65. The van der Waals surface area contributed by atoms with Gasteiger partial charge in [0.15, 0.2) is 0 Å². The first kappa shape index (κ1) is 16.5. The average Bonchev–Trinajstić information content (AvgIpc) is 2.63. The number of aromatic nitrogens is 1. The molecule has 5 nitrogen and oxygen atoms in total. The summed E-state index contributed by atoms with van der Waals surface area (Å²) in [6, 6.07) is 11.6. The third-order valence-electron chi connectivity index (χ3n) is 4.48. The topological polar surface area (TPSA) is 48.5 Å². The maximum atomic E-state index is 12.3. The van der Waals surface area contributed by atoms with Gasteiger partial charge in [0.2, 0.25) is 0 Å². The Bertz CT molecular complexity index is 674. The number of nitrogens with one attached hydrogen (secondary N) is 1. The highest BCUT2D eigenvalue weighted by Gasteiger charge is 2.14. The van der Waals surface area contributed by atoms with Crippen LogP contribution in [0, 0.1) is 0 Å². The first-order chi connectivity index (χ1) is 11.7. The van der Waals surface area contributed by atoms with Gasteiger partial charge in [0, 0.05) is 31.7 Å². The third-order valence-corrected chi connectivity index (χ3v) is 4.48. The van der Waals surface area contributed by atoms with Gasteiger partial charge in [0.25, 0.3) is 5.91 Å². The second-order valence-corrected chi connectivity index (χ2v) is 6.20. The first-order valence-corrected chi connectivity index (χ1v) is 8.45. The molecule has 1 aromatic heterocycles. The van der Waals surface area contributed by atoms with Crippen LogP contribution in [-0.2, 0) is 6.42 Å². The van der Waals surface area contributed by atoms with E-state index in [2.05, 4.69) is 34.1 Å². The summed E-state index contributed by atoms with van der Waals surface area (Å²) in [7, 11) is 2.14. The van der Waals surface area contributed by atoms with E-state index in [1.807, 2.05) is 42.6 Å². The SMILES string of the molecule is CCc1ccc(C(=O)Nc2ccc(N3CCN(C)CC3)cn2)cc1. The monoisotopic (exact) mass is 324 g/mol. The zero-order valence-electron chi connectivity index (χ0n) is 14.3. The van der Waals surface area contributed by atoms with Crippen LogP contribution in [0.2, 0.25) is 0 Å². The van der Waals surface area contributed by atoms with Crippen LogP contribution < -0.4 is 10.2 Å². The minimum Gasteiger partial charge on any atom is -0.368 e. The molecule has 1 fully saturated rings. The van der Waals surface area contributed by atoms with Gasteiger partial charge in [-0.3, -0.25) is 4.79 Å². The smallest absolute Gasteiger partial charge is 0.256 e. The molecule has 1 N–H and O–H groups in total. The van der Waals surface area contributed by atoms with Gasteiger partial charge in [-0.25, -0.2) is 4.98 Å². The first-order valence-electron chi connectivity index (χ1n) is 8.45. The van der Waals surface area contributed by atoms with Gasteiger partial charge < -0.3 is 15.1 Å². The minimum absolute atomic E-state index is 0.127. The normalized spacial score (nSPS) is 15.3. The molecule has 1 aromatic carbocycles. The standard InChI is InChI=1S/C19H24N4O/c1-3-15-4-6-16(7-5-15)19(24)21-18-9-8-17(14-20-18)23-12-10-22(2)11-13-23/h4-9,14H,3,10-13H2,1-2H3,(H,20,21,24). The number of pyridine rings is 1. The van der Waals surface area contributed by atoms with E-state index < -0.39 is 0 Å². The Morgan fingerprint density at radius 1 is 1.08 bits per heavy atom. The number of piperazine rings is 1. The van der Waals surface area contributed by atoms with Crippen molar-refractivity contribution in [1.29, 1.82) is 0 Å². The highest BCUT2D eigenvalue weighted by atomic mass is 16.1. The Balaban J connectivity index is 1.62. The van der Waals surface area contributed by atoms with E-state index in [9.17, 15) is 4.79 Å². The average molecular weight is 324 g/mol. The van der Waals surface area contributed by atoms with Crippen LogP contribution in [0.5, 0.6) is 0 Å². The molecule has 0 bridgehead atoms. The second-order valence-electron chi connectivity index (χ2n) is 6.20. The van der Waals surface area contributed by atoms with Crippen LogP contribution in [0.3, 0.4) is 0 Å². The van der Waals surface area contributed by atoms with Gasteiger partial charge in [-0.05, 0) is 43.3 Å². The quantitative estimate of drug-likeness (QED) is 0.939. The Labute approximate surface area is 143 Å². The fourth-order valence-corrected chi connectivity index (χ4v) is 2.79. The van der Waals surface area contributed by atoms with E-state index in [0.29, 0.717) is 11.4 Å². The van der Waals surface area contributed by atoms with E-state index >= 15 is 0 Å². The fraction of sp³-hybridized carbons (Fsp3) is 0.368. The summed E-state index contributed by atoms with van der Waals surface area (Å²) in [4.78, 5) is 21.3. The molecule has 1 amide bonds. The van der Waals surface area contributed by atoms with Crippen LogP contribution in [0.1, 0.15) is 22.8 Å². The summed E-state index contributed by atoms with van der Waals surface area (Å²) in [6.07, 6.45) is 2.80. The van der Waals surface area contributed by atoms with Crippen LogP contribution in [0.25, 0.3) is 0 Å². The molecule has 2 aromatic rings. The highest BCUT2D eigenvalue weighted by Crippen LogP contribution is 2.17. The van der Waals surface area contributed by atoms with Crippen molar-refractivity contribution in [2.24, 2.45) is 0 Å². The molecule has 0 spiro atoms. The van der Waals surface area contributed by atoms with E-state index in [0.717, 1.165) is 38.3 Å². The summed E-state index contributed by atoms with van der Waals surface area (Å²) in [6.45, 7) is 6.24. The number of carbonyl (C=O) groups is 1. The summed E-state index contributed by atoms with van der Waals surface area (Å²) in [5.41, 5.74) is 2.98. The summed E-state index contributed by atoms with van der Waals surface area (Å²) in [5, 5.41) is 2.86. The molecule has 0 unspecified atom stereocenters. The number of anilines is 2. The van der Waals surface area contributed by atoms with Gasteiger partial charge in [-0.1, -0.05) is 19.1 Å². The van der Waals surface area contributed by atoms with Crippen molar-refractivity contribution in [2.75, 3.05) is 43.4 Å². The number of carbonyl (C=O) groups excluding carboxylic acids is 1. The Morgan fingerprint density at radius 3 is 2.38 bits per heavy atom. The number of benzene rings is 1. The molecule has 3 rings (SSSR count). The Morgan fingerprint density at radius 2 is 1.79 bits per heavy atom. The Kier molecular flexibility index (Phi) is 5.11. The molecule has 0 saturated carbocycles. The molecular weight excluding hydrogens is 300 g/mol. The lowest BCUT2D eigenvalue weighted by Crippen LogP contribution is -2.44. The summed E-state index contributed by atoms with van der Waals surface area (Å²) >= 11 is 0. The van der Waals surface area contributed by atoms with E-state index in [1.54, 1.807) is 0 Å². The van der Waals surface area contributed by atoms with Gasteiger partial charge in [-0.15, -0.1) is 0 Å². The lowest BCUT2D eigenvalue weighted by atomic mass is 10.1. The predicted molar refractivity (Wildman–Crippen MR) is 97.7 cm³/mol. The number of rotatable bonds is 4. The van der Waals surface area contributed by atoms with Crippen LogP contribution in [0.15, 0.2) is 42.6 Å². The maximum Gasteiger partial charge on any atom is 0.256 e. The van der Waals surface area contributed by atoms with E-state index in [-0.39, 0.29) is 5.91 Å². The van der Waals surface area contributed by atoms with Crippen LogP contribution in [0.4, 0.5) is 11.5 Å². The largest absolute Gasteiger partial charge is 0.368 e. The molecular formula is C19H24N4O. The molecule has 0 atom stereocenters. The Hall–Kier alpha value is -2.40. The molecule has 5 heteroatoms. The number of aryl methyl sites for hydroxylation is 1. The molecule has 0 aliphatic carbocycles. The zero-order valence-corrected chi connectivity index (χ0v) is 14.3. The molecule has 1 aliphatic rings. The third kappa shape index (κ3) is 3.92. The van der Waals surface area contributed by atoms with Crippen LogP contribution in [-0.4, -0.2) is 49.0 Å².